The van der Waals surface area contributed by atoms with Gasteiger partial charge in [-0.1, -0.05) is 13.8 Å². The molecule has 0 spiro atoms. The van der Waals surface area contributed by atoms with E-state index in [0.717, 1.165) is 6.42 Å². The van der Waals surface area contributed by atoms with E-state index >= 15 is 0 Å². The Bertz CT molecular complexity index is 413. The number of nitrogens with two attached hydrogens (primary N) is 1. The highest BCUT2D eigenvalue weighted by Crippen LogP contribution is 2.17. The fourth-order valence-electron chi connectivity index (χ4n) is 1.43. The smallest absolute Gasteiger partial charge is 0.224 e. The van der Waals surface area contributed by atoms with Crippen molar-refractivity contribution in [2.45, 2.75) is 26.7 Å². The van der Waals surface area contributed by atoms with Gasteiger partial charge in [0, 0.05) is 29.6 Å². The van der Waals surface area contributed by atoms with Gasteiger partial charge in [0.1, 0.15) is 0 Å². The molecule has 0 saturated carbocycles. The van der Waals surface area contributed by atoms with Crippen molar-refractivity contribution in [2.75, 3.05) is 11.1 Å². The molecule has 4 heteroatoms. The number of benzene rings is 1. The van der Waals surface area contributed by atoms with Crippen LogP contribution in [0.5, 0.6) is 0 Å². The van der Waals surface area contributed by atoms with Crippen molar-refractivity contribution in [3.8, 4) is 0 Å². The molecule has 0 aliphatic rings. The Kier molecular flexibility index (Phi) is 4.69. The van der Waals surface area contributed by atoms with Crippen molar-refractivity contribution < 1.29 is 4.79 Å². The minimum atomic E-state index is 0.000651. The number of carbonyl (C=O) groups excluding carboxylic acids is 1. The molecule has 0 bridgehead atoms. The first-order chi connectivity index (χ1) is 8.02. The number of hydrogen-bond donors (Lipinski definition) is 3. The van der Waals surface area contributed by atoms with Gasteiger partial charge in [-0.25, -0.2) is 0 Å². The van der Waals surface area contributed by atoms with Crippen LogP contribution in [0.1, 0.15) is 32.3 Å². The maximum atomic E-state index is 11.6. The zero-order chi connectivity index (χ0) is 12.8. The van der Waals surface area contributed by atoms with E-state index in [1.54, 1.807) is 18.2 Å². The maximum absolute atomic E-state index is 11.6. The Morgan fingerprint density at radius 2 is 2.24 bits per heavy atom. The molecule has 0 aromatic heterocycles. The van der Waals surface area contributed by atoms with Crippen molar-refractivity contribution in [1.29, 1.82) is 5.41 Å². The molecule has 4 N–H and O–H groups in total. The lowest BCUT2D eigenvalue weighted by molar-refractivity contribution is -0.116. The lowest BCUT2D eigenvalue weighted by Gasteiger charge is -2.08. The minimum Gasteiger partial charge on any atom is -0.398 e. The van der Waals surface area contributed by atoms with Gasteiger partial charge in [-0.05, 0) is 30.5 Å². The Labute approximate surface area is 102 Å². The second-order valence-electron chi connectivity index (χ2n) is 4.47. The van der Waals surface area contributed by atoms with Gasteiger partial charge in [-0.3, -0.25) is 4.79 Å². The van der Waals surface area contributed by atoms with Gasteiger partial charge in [0.15, 0.2) is 0 Å². The molecule has 92 valence electrons. The van der Waals surface area contributed by atoms with E-state index in [1.165, 1.54) is 6.21 Å². The number of anilines is 2. The topological polar surface area (TPSA) is 79.0 Å². The van der Waals surface area contributed by atoms with E-state index in [0.29, 0.717) is 29.3 Å². The van der Waals surface area contributed by atoms with Gasteiger partial charge in [-0.15, -0.1) is 0 Å². The highest BCUT2D eigenvalue weighted by atomic mass is 16.1. The highest BCUT2D eigenvalue weighted by molar-refractivity contribution is 5.93. The van der Waals surface area contributed by atoms with Crippen LogP contribution in [0.25, 0.3) is 0 Å². The van der Waals surface area contributed by atoms with Gasteiger partial charge in [0.2, 0.25) is 5.91 Å². The van der Waals surface area contributed by atoms with Crippen LogP contribution in [0.2, 0.25) is 0 Å². The summed E-state index contributed by atoms with van der Waals surface area (Å²) in [5.41, 5.74) is 7.57. The summed E-state index contributed by atoms with van der Waals surface area (Å²) in [5, 5.41) is 9.91. The Balaban J connectivity index is 2.60. The Morgan fingerprint density at radius 1 is 1.53 bits per heavy atom. The van der Waals surface area contributed by atoms with Gasteiger partial charge >= 0.3 is 0 Å². The van der Waals surface area contributed by atoms with Crippen LogP contribution in [0, 0.1) is 11.3 Å². The van der Waals surface area contributed by atoms with Crippen LogP contribution < -0.4 is 11.1 Å². The number of nitrogen functional groups attached to an aromatic ring is 1. The molecule has 4 nitrogen and oxygen atoms in total. The molecular formula is C13H19N3O. The van der Waals surface area contributed by atoms with Crippen LogP contribution in [0.4, 0.5) is 11.4 Å². The molecule has 1 rings (SSSR count). The average molecular weight is 233 g/mol. The van der Waals surface area contributed by atoms with Gasteiger partial charge < -0.3 is 16.5 Å². The Hall–Kier alpha value is -1.84. The molecule has 17 heavy (non-hydrogen) atoms. The van der Waals surface area contributed by atoms with E-state index in [4.69, 9.17) is 11.1 Å². The van der Waals surface area contributed by atoms with Crippen molar-refractivity contribution in [2.24, 2.45) is 5.92 Å². The first-order valence-electron chi connectivity index (χ1n) is 5.72. The first-order valence-corrected chi connectivity index (χ1v) is 5.72. The van der Waals surface area contributed by atoms with Gasteiger partial charge in [0.25, 0.3) is 0 Å². The van der Waals surface area contributed by atoms with Crippen molar-refractivity contribution in [1.82, 2.24) is 0 Å². The predicted molar refractivity (Wildman–Crippen MR) is 71.4 cm³/mol. The fraction of sp³-hybridized carbons (Fsp3) is 0.385. The minimum absolute atomic E-state index is 0.000651. The molecule has 0 radical (unpaired) electrons. The van der Waals surface area contributed by atoms with Crippen LogP contribution in [0.3, 0.4) is 0 Å². The third kappa shape index (κ3) is 4.26. The van der Waals surface area contributed by atoms with E-state index in [9.17, 15) is 4.79 Å². The second kappa shape index (κ2) is 6.03. The lowest BCUT2D eigenvalue weighted by Crippen LogP contribution is -2.12. The van der Waals surface area contributed by atoms with E-state index in [1.807, 2.05) is 0 Å². The molecule has 0 heterocycles. The number of hydrogen-bond acceptors (Lipinski definition) is 3. The SMILES string of the molecule is CC(C)CCC(=O)Nc1ccc(C=N)c(N)c1. The lowest BCUT2D eigenvalue weighted by atomic mass is 10.1. The molecule has 0 saturated heterocycles. The zero-order valence-electron chi connectivity index (χ0n) is 10.3. The normalized spacial score (nSPS) is 10.3. The third-order valence-corrected chi connectivity index (χ3v) is 2.47. The van der Waals surface area contributed by atoms with Crippen LogP contribution >= 0.6 is 0 Å². The number of amides is 1. The van der Waals surface area contributed by atoms with Gasteiger partial charge in [-0.2, -0.15) is 0 Å². The van der Waals surface area contributed by atoms with E-state index in [2.05, 4.69) is 19.2 Å². The van der Waals surface area contributed by atoms with Crippen LogP contribution in [0.15, 0.2) is 18.2 Å². The summed E-state index contributed by atoms with van der Waals surface area (Å²) < 4.78 is 0. The molecule has 0 unspecified atom stereocenters. The van der Waals surface area contributed by atoms with E-state index < -0.39 is 0 Å². The monoisotopic (exact) mass is 233 g/mol. The van der Waals surface area contributed by atoms with E-state index in [-0.39, 0.29) is 5.91 Å². The first kappa shape index (κ1) is 13.2. The molecule has 0 atom stereocenters. The molecule has 1 aromatic rings. The maximum Gasteiger partial charge on any atom is 0.224 e. The molecule has 1 amide bonds. The summed E-state index contributed by atoms with van der Waals surface area (Å²) in [6.07, 6.45) is 2.59. The molecule has 0 fully saturated rings. The number of nitrogens with one attached hydrogen (secondary N) is 2. The summed E-state index contributed by atoms with van der Waals surface area (Å²) in [6, 6.07) is 5.15. The second-order valence-corrected chi connectivity index (χ2v) is 4.47. The van der Waals surface area contributed by atoms with Crippen LogP contribution in [-0.2, 0) is 4.79 Å². The van der Waals surface area contributed by atoms with Crippen molar-refractivity contribution in [3.63, 3.8) is 0 Å². The summed E-state index contributed by atoms with van der Waals surface area (Å²) in [6.45, 7) is 4.17. The third-order valence-electron chi connectivity index (χ3n) is 2.47. The highest BCUT2D eigenvalue weighted by Gasteiger charge is 2.05. The molecule has 0 aliphatic carbocycles. The van der Waals surface area contributed by atoms with Crippen molar-refractivity contribution in [3.05, 3.63) is 23.8 Å². The van der Waals surface area contributed by atoms with Crippen LogP contribution in [-0.4, -0.2) is 12.1 Å². The summed E-state index contributed by atoms with van der Waals surface area (Å²) in [7, 11) is 0. The average Bonchev–Trinajstić information content (AvgIpc) is 2.26. The standard InChI is InChI=1S/C13H19N3O/c1-9(2)3-6-13(17)16-11-5-4-10(8-14)12(15)7-11/h4-5,7-9,14H,3,6,15H2,1-2H3,(H,16,17). The molecule has 0 aliphatic heterocycles. The summed E-state index contributed by atoms with van der Waals surface area (Å²) in [4.78, 5) is 11.6. The molecular weight excluding hydrogens is 214 g/mol. The number of carbonyl (C=O) groups is 1. The quantitative estimate of drug-likeness (QED) is 0.540. The zero-order valence-corrected chi connectivity index (χ0v) is 10.3. The van der Waals surface area contributed by atoms with Gasteiger partial charge in [0.05, 0.1) is 0 Å². The number of rotatable bonds is 5. The largest absolute Gasteiger partial charge is 0.398 e. The predicted octanol–water partition coefficient (Wildman–Crippen LogP) is 2.64. The van der Waals surface area contributed by atoms with Crippen molar-refractivity contribution >= 4 is 23.5 Å². The Morgan fingerprint density at radius 3 is 2.76 bits per heavy atom. The summed E-state index contributed by atoms with van der Waals surface area (Å²) in [5.74, 6) is 0.520. The fourth-order valence-corrected chi connectivity index (χ4v) is 1.43. The summed E-state index contributed by atoms with van der Waals surface area (Å²) >= 11 is 0. The molecule has 1 aromatic carbocycles.